The lowest BCUT2D eigenvalue weighted by atomic mass is 9.97. The first-order valence-electron chi connectivity index (χ1n) is 6.58. The van der Waals surface area contributed by atoms with Crippen LogP contribution in [0.5, 0.6) is 0 Å². The molecule has 1 N–H and O–H groups in total. The number of anilines is 1. The van der Waals surface area contributed by atoms with Gasteiger partial charge in [0.05, 0.1) is 0 Å². The Labute approximate surface area is 112 Å². The zero-order valence-electron chi connectivity index (χ0n) is 10.9. The predicted octanol–water partition coefficient (Wildman–Crippen LogP) is 2.98. The van der Waals surface area contributed by atoms with Crippen molar-refractivity contribution in [2.45, 2.75) is 19.8 Å². The van der Waals surface area contributed by atoms with Crippen molar-refractivity contribution in [1.82, 2.24) is 4.98 Å². The molecule has 19 heavy (non-hydrogen) atoms. The molecule has 3 nitrogen and oxygen atoms in total. The van der Waals surface area contributed by atoms with Gasteiger partial charge in [0.25, 0.3) is 0 Å². The molecule has 1 aromatic heterocycles. The second kappa shape index (κ2) is 4.84. The average Bonchev–Trinajstić information content (AvgIpc) is 2.47. The van der Waals surface area contributed by atoms with Crippen LogP contribution in [0.25, 0.3) is 0 Å². The Hall–Kier alpha value is -2.16. The minimum atomic E-state index is 0.0425. The minimum absolute atomic E-state index is 0.0425. The summed E-state index contributed by atoms with van der Waals surface area (Å²) >= 11 is 0. The number of benzene rings is 1. The van der Waals surface area contributed by atoms with Crippen molar-refractivity contribution in [3.8, 4) is 0 Å². The molecule has 2 aromatic rings. The highest BCUT2D eigenvalue weighted by Crippen LogP contribution is 2.24. The van der Waals surface area contributed by atoms with Crippen LogP contribution in [0.3, 0.4) is 0 Å². The molecule has 0 saturated carbocycles. The first-order chi connectivity index (χ1) is 9.24. The number of hydrogen-bond donors (Lipinski definition) is 1. The van der Waals surface area contributed by atoms with E-state index in [0.717, 1.165) is 36.3 Å². The van der Waals surface area contributed by atoms with Crippen LogP contribution in [0.4, 0.5) is 5.69 Å². The van der Waals surface area contributed by atoms with Gasteiger partial charge in [0.2, 0.25) is 0 Å². The van der Waals surface area contributed by atoms with E-state index in [1.165, 1.54) is 5.56 Å². The maximum Gasteiger partial charge on any atom is 0.194 e. The molecule has 1 aromatic carbocycles. The zero-order valence-corrected chi connectivity index (χ0v) is 10.9. The van der Waals surface area contributed by atoms with Crippen LogP contribution in [0, 0.1) is 6.92 Å². The first-order valence-corrected chi connectivity index (χ1v) is 6.58. The van der Waals surface area contributed by atoms with Gasteiger partial charge in [0, 0.05) is 35.2 Å². The number of nitrogens with one attached hydrogen (secondary N) is 1. The number of hydrogen-bond acceptors (Lipinski definition) is 3. The van der Waals surface area contributed by atoms with E-state index in [2.05, 4.69) is 10.3 Å². The molecule has 0 fully saturated rings. The third-order valence-corrected chi connectivity index (χ3v) is 3.48. The van der Waals surface area contributed by atoms with Crippen LogP contribution in [0.1, 0.15) is 33.6 Å². The molecule has 0 spiro atoms. The van der Waals surface area contributed by atoms with Crippen LogP contribution in [-0.4, -0.2) is 17.3 Å². The summed E-state index contributed by atoms with van der Waals surface area (Å²) in [5.41, 5.74) is 4.70. The van der Waals surface area contributed by atoms with Crippen molar-refractivity contribution in [1.29, 1.82) is 0 Å². The Morgan fingerprint density at radius 1 is 1.21 bits per heavy atom. The van der Waals surface area contributed by atoms with E-state index in [0.29, 0.717) is 5.56 Å². The lowest BCUT2D eigenvalue weighted by Gasteiger charge is -2.18. The largest absolute Gasteiger partial charge is 0.385 e. The molecule has 0 radical (unpaired) electrons. The van der Waals surface area contributed by atoms with E-state index in [9.17, 15) is 4.79 Å². The Bertz CT molecular complexity index is 617. The SMILES string of the molecule is Cc1ccc(C(=O)c2ccc3c(c2)CCCN3)cn1. The topological polar surface area (TPSA) is 42.0 Å². The van der Waals surface area contributed by atoms with Gasteiger partial charge in [-0.25, -0.2) is 0 Å². The van der Waals surface area contributed by atoms with Crippen molar-refractivity contribution < 1.29 is 4.79 Å². The van der Waals surface area contributed by atoms with Crippen LogP contribution >= 0.6 is 0 Å². The summed E-state index contributed by atoms with van der Waals surface area (Å²) in [6, 6.07) is 9.60. The van der Waals surface area contributed by atoms with Gasteiger partial charge in [-0.05, 0) is 55.7 Å². The second-order valence-electron chi connectivity index (χ2n) is 4.92. The molecule has 0 amide bonds. The molecular formula is C16H16N2O. The summed E-state index contributed by atoms with van der Waals surface area (Å²) in [5, 5.41) is 3.35. The highest BCUT2D eigenvalue weighted by molar-refractivity contribution is 6.09. The Morgan fingerprint density at radius 3 is 2.84 bits per heavy atom. The van der Waals surface area contributed by atoms with Gasteiger partial charge in [-0.1, -0.05) is 0 Å². The number of rotatable bonds is 2. The van der Waals surface area contributed by atoms with Gasteiger partial charge in [-0.2, -0.15) is 0 Å². The molecule has 2 heterocycles. The Morgan fingerprint density at radius 2 is 2.05 bits per heavy atom. The molecule has 0 unspecified atom stereocenters. The van der Waals surface area contributed by atoms with Crippen molar-refractivity contribution in [2.75, 3.05) is 11.9 Å². The van der Waals surface area contributed by atoms with E-state index >= 15 is 0 Å². The number of aromatic nitrogens is 1. The van der Waals surface area contributed by atoms with Crippen LogP contribution < -0.4 is 5.32 Å². The third kappa shape index (κ3) is 2.36. The summed E-state index contributed by atoms with van der Waals surface area (Å²) in [7, 11) is 0. The number of carbonyl (C=O) groups excluding carboxylic acids is 1. The van der Waals surface area contributed by atoms with E-state index in [4.69, 9.17) is 0 Å². The monoisotopic (exact) mass is 252 g/mol. The lowest BCUT2D eigenvalue weighted by molar-refractivity contribution is 0.103. The fourth-order valence-electron chi connectivity index (χ4n) is 2.38. The van der Waals surface area contributed by atoms with E-state index < -0.39 is 0 Å². The molecular weight excluding hydrogens is 236 g/mol. The molecule has 1 aliphatic heterocycles. The number of aryl methyl sites for hydroxylation is 2. The van der Waals surface area contributed by atoms with Crippen molar-refractivity contribution in [3.05, 3.63) is 58.9 Å². The quantitative estimate of drug-likeness (QED) is 0.835. The fourth-order valence-corrected chi connectivity index (χ4v) is 2.38. The predicted molar refractivity (Wildman–Crippen MR) is 75.7 cm³/mol. The van der Waals surface area contributed by atoms with E-state index in [1.54, 1.807) is 6.20 Å². The molecule has 3 rings (SSSR count). The van der Waals surface area contributed by atoms with Crippen molar-refractivity contribution in [2.24, 2.45) is 0 Å². The zero-order chi connectivity index (χ0) is 13.2. The summed E-state index contributed by atoms with van der Waals surface area (Å²) in [4.78, 5) is 16.6. The van der Waals surface area contributed by atoms with Crippen LogP contribution in [0.2, 0.25) is 0 Å². The van der Waals surface area contributed by atoms with Crippen LogP contribution in [-0.2, 0) is 6.42 Å². The number of fused-ring (bicyclic) bond motifs is 1. The molecule has 3 heteroatoms. The highest BCUT2D eigenvalue weighted by Gasteiger charge is 2.14. The third-order valence-electron chi connectivity index (χ3n) is 3.48. The molecule has 1 aliphatic rings. The fraction of sp³-hybridized carbons (Fsp3) is 0.250. The maximum absolute atomic E-state index is 12.4. The molecule has 96 valence electrons. The van der Waals surface area contributed by atoms with Crippen LogP contribution in [0.15, 0.2) is 36.5 Å². The second-order valence-corrected chi connectivity index (χ2v) is 4.92. The van der Waals surface area contributed by atoms with E-state index in [1.807, 2.05) is 37.3 Å². The van der Waals surface area contributed by atoms with E-state index in [-0.39, 0.29) is 5.78 Å². The van der Waals surface area contributed by atoms with Gasteiger partial charge in [0.15, 0.2) is 5.78 Å². The standard InChI is InChI=1S/C16H16N2O/c1-11-4-5-14(10-18-11)16(19)13-6-7-15-12(9-13)3-2-8-17-15/h4-7,9-10,17H,2-3,8H2,1H3. The Kier molecular flexibility index (Phi) is 3.03. The van der Waals surface area contributed by atoms with Crippen molar-refractivity contribution in [3.63, 3.8) is 0 Å². The van der Waals surface area contributed by atoms with Crippen molar-refractivity contribution >= 4 is 11.5 Å². The van der Waals surface area contributed by atoms with Gasteiger partial charge in [-0.3, -0.25) is 9.78 Å². The summed E-state index contributed by atoms with van der Waals surface area (Å²) in [5.74, 6) is 0.0425. The molecule has 0 aliphatic carbocycles. The summed E-state index contributed by atoms with van der Waals surface area (Å²) in [6.07, 6.45) is 3.81. The number of pyridine rings is 1. The van der Waals surface area contributed by atoms with Gasteiger partial charge >= 0.3 is 0 Å². The molecule has 0 saturated heterocycles. The summed E-state index contributed by atoms with van der Waals surface area (Å²) in [6.45, 7) is 2.93. The van der Waals surface area contributed by atoms with Gasteiger partial charge < -0.3 is 5.32 Å². The first kappa shape index (κ1) is 11.9. The number of ketones is 1. The average molecular weight is 252 g/mol. The van der Waals surface area contributed by atoms with Gasteiger partial charge in [0.1, 0.15) is 0 Å². The molecule has 0 bridgehead atoms. The number of carbonyl (C=O) groups is 1. The lowest BCUT2D eigenvalue weighted by Crippen LogP contribution is -2.13. The Balaban J connectivity index is 1.93. The minimum Gasteiger partial charge on any atom is -0.385 e. The maximum atomic E-state index is 12.4. The number of nitrogens with zero attached hydrogens (tertiary/aromatic N) is 1. The summed E-state index contributed by atoms with van der Waals surface area (Å²) < 4.78 is 0. The highest BCUT2D eigenvalue weighted by atomic mass is 16.1. The normalized spacial score (nSPS) is 13.5. The smallest absolute Gasteiger partial charge is 0.194 e. The van der Waals surface area contributed by atoms with Gasteiger partial charge in [-0.15, -0.1) is 0 Å². The molecule has 0 atom stereocenters.